The molecule has 0 saturated carbocycles. The summed E-state index contributed by atoms with van der Waals surface area (Å²) in [6.07, 6.45) is 0.160. The molecule has 2 aliphatic rings. The molecule has 0 spiro atoms. The van der Waals surface area contributed by atoms with Crippen molar-refractivity contribution in [2.24, 2.45) is 5.92 Å². The number of nitrogens with zero attached hydrogens (tertiary/aromatic N) is 2. The standard InChI is InChI=1S/C18H22N2O5/c1-2-25-18(23)14-5-3-4-6-15(14)20-12-13(11-16(20)21)17(22)19-7-9-24-10-8-19/h3-6,13H,2,7-12H2,1H3. The zero-order valence-corrected chi connectivity index (χ0v) is 14.3. The number of amides is 2. The molecule has 1 aromatic rings. The van der Waals surface area contributed by atoms with E-state index in [1.807, 2.05) is 0 Å². The fourth-order valence-electron chi connectivity index (χ4n) is 3.24. The van der Waals surface area contributed by atoms with Crippen LogP contribution >= 0.6 is 0 Å². The Labute approximate surface area is 146 Å². The second-order valence-electron chi connectivity index (χ2n) is 6.08. The van der Waals surface area contributed by atoms with E-state index in [0.717, 1.165) is 0 Å². The SMILES string of the molecule is CCOC(=O)c1ccccc1N1CC(C(=O)N2CCOCC2)CC1=O. The van der Waals surface area contributed by atoms with E-state index in [2.05, 4.69) is 0 Å². The van der Waals surface area contributed by atoms with Gasteiger partial charge in [0.15, 0.2) is 0 Å². The van der Waals surface area contributed by atoms with Gasteiger partial charge in [-0.2, -0.15) is 0 Å². The van der Waals surface area contributed by atoms with Crippen LogP contribution in [0, 0.1) is 5.92 Å². The Morgan fingerprint density at radius 1 is 1.24 bits per heavy atom. The molecule has 2 amide bonds. The molecule has 7 heteroatoms. The first-order chi connectivity index (χ1) is 12.1. The summed E-state index contributed by atoms with van der Waals surface area (Å²) in [7, 11) is 0. The van der Waals surface area contributed by atoms with Crippen molar-refractivity contribution in [2.75, 3.05) is 44.4 Å². The lowest BCUT2D eigenvalue weighted by Crippen LogP contribution is -2.44. The number of ether oxygens (including phenoxy) is 2. The van der Waals surface area contributed by atoms with Crippen molar-refractivity contribution >= 4 is 23.5 Å². The Morgan fingerprint density at radius 3 is 2.68 bits per heavy atom. The highest BCUT2D eigenvalue weighted by atomic mass is 16.5. The second kappa shape index (κ2) is 7.65. The van der Waals surface area contributed by atoms with Crippen LogP contribution < -0.4 is 4.90 Å². The molecule has 25 heavy (non-hydrogen) atoms. The van der Waals surface area contributed by atoms with Crippen LogP contribution in [0.1, 0.15) is 23.7 Å². The Hall–Kier alpha value is -2.41. The average molecular weight is 346 g/mol. The summed E-state index contributed by atoms with van der Waals surface area (Å²) in [6.45, 7) is 4.46. The normalized spacial score (nSPS) is 20.7. The molecule has 2 fully saturated rings. The van der Waals surface area contributed by atoms with Gasteiger partial charge >= 0.3 is 5.97 Å². The number of carbonyl (C=O) groups excluding carboxylic acids is 3. The van der Waals surface area contributed by atoms with Gasteiger partial charge in [-0.15, -0.1) is 0 Å². The van der Waals surface area contributed by atoms with Crippen LogP contribution in [0.2, 0.25) is 0 Å². The van der Waals surface area contributed by atoms with Gasteiger partial charge in [-0.3, -0.25) is 9.59 Å². The Kier molecular flexibility index (Phi) is 5.33. The van der Waals surface area contributed by atoms with E-state index in [4.69, 9.17) is 9.47 Å². The van der Waals surface area contributed by atoms with Crippen molar-refractivity contribution < 1.29 is 23.9 Å². The fourth-order valence-corrected chi connectivity index (χ4v) is 3.24. The number of rotatable bonds is 4. The minimum Gasteiger partial charge on any atom is -0.462 e. The van der Waals surface area contributed by atoms with Crippen molar-refractivity contribution in [1.29, 1.82) is 0 Å². The van der Waals surface area contributed by atoms with Gasteiger partial charge in [0.05, 0.1) is 37.0 Å². The fraction of sp³-hybridized carbons (Fsp3) is 0.500. The predicted octanol–water partition coefficient (Wildman–Crippen LogP) is 1.07. The molecular weight excluding hydrogens is 324 g/mol. The topological polar surface area (TPSA) is 76.2 Å². The first-order valence-electron chi connectivity index (χ1n) is 8.55. The van der Waals surface area contributed by atoms with Crippen molar-refractivity contribution in [3.63, 3.8) is 0 Å². The number of benzene rings is 1. The number of carbonyl (C=O) groups is 3. The Morgan fingerprint density at radius 2 is 1.96 bits per heavy atom. The maximum atomic E-state index is 12.6. The van der Waals surface area contributed by atoms with Crippen molar-refractivity contribution in [3.8, 4) is 0 Å². The number of esters is 1. The third-order valence-electron chi connectivity index (χ3n) is 4.49. The summed E-state index contributed by atoms with van der Waals surface area (Å²) in [5.74, 6) is -1.02. The second-order valence-corrected chi connectivity index (χ2v) is 6.08. The van der Waals surface area contributed by atoms with Crippen LogP contribution in [0.5, 0.6) is 0 Å². The van der Waals surface area contributed by atoms with Gasteiger partial charge in [0.1, 0.15) is 0 Å². The first-order valence-corrected chi connectivity index (χ1v) is 8.55. The average Bonchev–Trinajstić information content (AvgIpc) is 3.03. The van der Waals surface area contributed by atoms with Crippen LogP contribution in [0.15, 0.2) is 24.3 Å². The molecule has 0 N–H and O–H groups in total. The van der Waals surface area contributed by atoms with Gasteiger partial charge in [-0.05, 0) is 19.1 Å². The van der Waals surface area contributed by atoms with Gasteiger partial charge in [-0.25, -0.2) is 4.79 Å². The molecule has 1 aromatic carbocycles. The summed E-state index contributed by atoms with van der Waals surface area (Å²) >= 11 is 0. The molecule has 0 aliphatic carbocycles. The van der Waals surface area contributed by atoms with Gasteiger partial charge < -0.3 is 19.3 Å². The third kappa shape index (κ3) is 3.66. The third-order valence-corrected chi connectivity index (χ3v) is 4.49. The lowest BCUT2D eigenvalue weighted by molar-refractivity contribution is -0.139. The summed E-state index contributed by atoms with van der Waals surface area (Å²) < 4.78 is 10.3. The van der Waals surface area contributed by atoms with E-state index in [1.54, 1.807) is 36.1 Å². The van der Waals surface area contributed by atoms with Crippen molar-refractivity contribution in [2.45, 2.75) is 13.3 Å². The highest BCUT2D eigenvalue weighted by Crippen LogP contribution is 2.29. The van der Waals surface area contributed by atoms with Crippen LogP contribution in [0.4, 0.5) is 5.69 Å². The molecule has 7 nitrogen and oxygen atoms in total. The van der Waals surface area contributed by atoms with E-state index in [9.17, 15) is 14.4 Å². The zero-order valence-electron chi connectivity index (χ0n) is 14.3. The van der Waals surface area contributed by atoms with E-state index < -0.39 is 5.97 Å². The van der Waals surface area contributed by atoms with Crippen molar-refractivity contribution in [1.82, 2.24) is 4.90 Å². The molecule has 1 unspecified atom stereocenters. The minimum atomic E-state index is -0.464. The monoisotopic (exact) mass is 346 g/mol. The summed E-state index contributed by atoms with van der Waals surface area (Å²) in [4.78, 5) is 40.5. The predicted molar refractivity (Wildman–Crippen MR) is 90.3 cm³/mol. The molecule has 2 aliphatic heterocycles. The van der Waals surface area contributed by atoms with E-state index >= 15 is 0 Å². The van der Waals surface area contributed by atoms with Gasteiger partial charge in [0, 0.05) is 26.1 Å². The number of hydrogen-bond donors (Lipinski definition) is 0. The largest absolute Gasteiger partial charge is 0.462 e. The number of anilines is 1. The molecule has 0 radical (unpaired) electrons. The molecule has 1 atom stereocenters. The lowest BCUT2D eigenvalue weighted by Gasteiger charge is -2.29. The Bertz CT molecular complexity index is 669. The van der Waals surface area contributed by atoms with Crippen molar-refractivity contribution in [3.05, 3.63) is 29.8 Å². The highest BCUT2D eigenvalue weighted by Gasteiger charge is 2.38. The molecule has 134 valence electrons. The quantitative estimate of drug-likeness (QED) is 0.763. The highest BCUT2D eigenvalue weighted by molar-refractivity contribution is 6.05. The molecular formula is C18H22N2O5. The molecule has 0 bridgehead atoms. The molecule has 0 aromatic heterocycles. The number of morpholine rings is 1. The van der Waals surface area contributed by atoms with Crippen LogP contribution in [0.25, 0.3) is 0 Å². The van der Waals surface area contributed by atoms with Gasteiger partial charge in [0.25, 0.3) is 0 Å². The maximum Gasteiger partial charge on any atom is 0.340 e. The molecule has 3 rings (SSSR count). The molecule has 2 heterocycles. The summed E-state index contributed by atoms with van der Waals surface area (Å²) in [5, 5.41) is 0. The van der Waals surface area contributed by atoms with E-state index in [-0.39, 0.29) is 37.3 Å². The van der Waals surface area contributed by atoms with Crippen LogP contribution in [-0.4, -0.2) is 62.1 Å². The number of hydrogen-bond acceptors (Lipinski definition) is 5. The van der Waals surface area contributed by atoms with Gasteiger partial charge in [0.2, 0.25) is 11.8 Å². The maximum absolute atomic E-state index is 12.6. The van der Waals surface area contributed by atoms with Crippen LogP contribution in [-0.2, 0) is 19.1 Å². The van der Waals surface area contributed by atoms with Crippen LogP contribution in [0.3, 0.4) is 0 Å². The van der Waals surface area contributed by atoms with E-state index in [0.29, 0.717) is 37.6 Å². The van der Waals surface area contributed by atoms with E-state index in [1.165, 1.54) is 4.90 Å². The lowest BCUT2D eigenvalue weighted by atomic mass is 10.1. The first kappa shape index (κ1) is 17.4. The summed E-state index contributed by atoms with van der Waals surface area (Å²) in [5.41, 5.74) is 0.848. The minimum absolute atomic E-state index is 0.0206. The number of para-hydroxylation sites is 1. The molecule has 2 saturated heterocycles. The Balaban J connectivity index is 1.77. The zero-order chi connectivity index (χ0) is 17.8. The van der Waals surface area contributed by atoms with Gasteiger partial charge in [-0.1, -0.05) is 12.1 Å². The smallest absolute Gasteiger partial charge is 0.340 e. The summed E-state index contributed by atoms with van der Waals surface area (Å²) in [6, 6.07) is 6.85.